The molecule has 4 N–H and O–H groups in total. The van der Waals surface area contributed by atoms with Crippen molar-refractivity contribution in [2.45, 2.75) is 43.9 Å². The van der Waals surface area contributed by atoms with E-state index in [1.165, 1.54) is 0 Å². The van der Waals surface area contributed by atoms with Crippen LogP contribution in [0.5, 0.6) is 0 Å². The van der Waals surface area contributed by atoms with Crippen LogP contribution in [-0.4, -0.2) is 36.7 Å². The maximum absolute atomic E-state index is 13.4. The molecule has 2 aliphatic rings. The van der Waals surface area contributed by atoms with E-state index in [0.29, 0.717) is 22.6 Å². The van der Waals surface area contributed by atoms with Crippen LogP contribution in [-0.2, 0) is 6.18 Å². The molecule has 170 valence electrons. The Bertz CT molecular complexity index is 1070. The molecule has 32 heavy (non-hydrogen) atoms. The van der Waals surface area contributed by atoms with Gasteiger partial charge in [-0.15, -0.1) is 0 Å². The van der Waals surface area contributed by atoms with Crippen LogP contribution in [0.1, 0.15) is 37.7 Å². The van der Waals surface area contributed by atoms with Gasteiger partial charge in [0.2, 0.25) is 11.9 Å². The van der Waals surface area contributed by atoms with Crippen LogP contribution in [0.25, 0.3) is 11.1 Å². The highest BCUT2D eigenvalue weighted by atomic mass is 19.4. The lowest BCUT2D eigenvalue weighted by atomic mass is 9.87. The number of nitrogens with zero attached hydrogens (tertiary/aromatic N) is 5. The van der Waals surface area contributed by atoms with Crippen LogP contribution in [0, 0.1) is 0 Å². The zero-order chi connectivity index (χ0) is 23.1. The summed E-state index contributed by atoms with van der Waals surface area (Å²) in [6.45, 7) is 0. The van der Waals surface area contributed by atoms with Crippen molar-refractivity contribution in [3.8, 4) is 11.1 Å². The first-order valence-electron chi connectivity index (χ1n) is 10.5. The second kappa shape index (κ2) is 7.99. The molecule has 0 radical (unpaired) electrons. The molecule has 2 aromatic rings. The Morgan fingerprint density at radius 2 is 1.78 bits per heavy atom. The smallest absolute Gasteiger partial charge is 0.369 e. The molecule has 1 aromatic heterocycles. The van der Waals surface area contributed by atoms with Gasteiger partial charge in [0.25, 0.3) is 0 Å². The molecule has 0 unspecified atom stereocenters. The number of benzene rings is 1. The van der Waals surface area contributed by atoms with Crippen molar-refractivity contribution in [2.75, 3.05) is 23.9 Å². The number of hydrogen-bond donors (Lipinski definition) is 2. The van der Waals surface area contributed by atoms with E-state index >= 15 is 0 Å². The summed E-state index contributed by atoms with van der Waals surface area (Å²) in [5, 5.41) is 0. The van der Waals surface area contributed by atoms with Crippen molar-refractivity contribution in [3.05, 3.63) is 42.1 Å². The number of rotatable bonds is 3. The molecule has 0 bridgehead atoms. The molecule has 1 fully saturated rings. The van der Waals surface area contributed by atoms with Gasteiger partial charge < -0.3 is 16.4 Å². The summed E-state index contributed by atoms with van der Waals surface area (Å²) < 4.78 is 40.2. The van der Waals surface area contributed by atoms with Crippen molar-refractivity contribution in [1.82, 2.24) is 4.98 Å². The summed E-state index contributed by atoms with van der Waals surface area (Å²) in [6, 6.07) is 8.34. The Hall–Kier alpha value is -3.30. The fourth-order valence-electron chi connectivity index (χ4n) is 4.49. The molecule has 7 nitrogen and oxygen atoms in total. The zero-order valence-electron chi connectivity index (χ0n) is 18.0. The van der Waals surface area contributed by atoms with E-state index in [1.54, 1.807) is 37.2 Å². The number of halogens is 3. The minimum Gasteiger partial charge on any atom is -0.369 e. The molecule has 1 aromatic carbocycles. The van der Waals surface area contributed by atoms with Gasteiger partial charge in [0, 0.05) is 31.5 Å². The van der Waals surface area contributed by atoms with E-state index in [0.717, 1.165) is 44.4 Å². The summed E-state index contributed by atoms with van der Waals surface area (Å²) in [5.74, 6) is 0.811. The average molecular weight is 445 g/mol. The van der Waals surface area contributed by atoms with Crippen LogP contribution >= 0.6 is 0 Å². The Labute approximate surface area is 184 Å². The summed E-state index contributed by atoms with van der Waals surface area (Å²) in [7, 11) is 3.49. The second-order valence-electron chi connectivity index (χ2n) is 8.36. The first kappa shape index (κ1) is 21.9. The maximum atomic E-state index is 13.4. The van der Waals surface area contributed by atoms with Gasteiger partial charge in [-0.05, 0) is 49.4 Å². The highest BCUT2D eigenvalue weighted by Crippen LogP contribution is 2.41. The fraction of sp³-hybridized carbons (Fsp3) is 0.409. The molecule has 1 aliphatic carbocycles. The molecule has 0 saturated heterocycles. The third kappa shape index (κ3) is 3.96. The number of anilines is 2. The molecular formula is C22H26F3N7. The number of aliphatic imine (C=N–C) groups is 2. The largest absolute Gasteiger partial charge is 0.417 e. The van der Waals surface area contributed by atoms with Crippen LogP contribution < -0.4 is 21.3 Å². The van der Waals surface area contributed by atoms with E-state index in [9.17, 15) is 13.2 Å². The first-order valence-corrected chi connectivity index (χ1v) is 10.5. The van der Waals surface area contributed by atoms with Crippen LogP contribution in [0.15, 0.2) is 46.5 Å². The van der Waals surface area contributed by atoms with E-state index in [2.05, 4.69) is 15.0 Å². The number of pyridine rings is 1. The van der Waals surface area contributed by atoms with Gasteiger partial charge in [-0.1, -0.05) is 18.6 Å². The first-order chi connectivity index (χ1) is 15.1. The lowest BCUT2D eigenvalue weighted by Gasteiger charge is -2.45. The zero-order valence-corrected chi connectivity index (χ0v) is 18.0. The second-order valence-corrected chi connectivity index (χ2v) is 8.36. The van der Waals surface area contributed by atoms with Gasteiger partial charge in [0.1, 0.15) is 11.5 Å². The van der Waals surface area contributed by atoms with E-state index in [-0.39, 0.29) is 11.9 Å². The lowest BCUT2D eigenvalue weighted by molar-refractivity contribution is -0.137. The van der Waals surface area contributed by atoms with Gasteiger partial charge in [-0.25, -0.2) is 9.98 Å². The van der Waals surface area contributed by atoms with E-state index in [4.69, 9.17) is 11.5 Å². The van der Waals surface area contributed by atoms with Gasteiger partial charge in [-0.2, -0.15) is 18.2 Å². The van der Waals surface area contributed by atoms with Crippen molar-refractivity contribution >= 4 is 23.4 Å². The molecule has 10 heteroatoms. The van der Waals surface area contributed by atoms with Crippen LogP contribution in [0.3, 0.4) is 0 Å². The number of guanidine groups is 2. The fourth-order valence-corrected chi connectivity index (χ4v) is 4.49. The SMILES string of the molecule is CN(C)c1ncc(C(F)(F)F)cc1-c1cccc(N2C(N)=NC(N)=NC23CCCCC3)c1. The van der Waals surface area contributed by atoms with Crippen molar-refractivity contribution in [1.29, 1.82) is 0 Å². The molecule has 0 amide bonds. The Morgan fingerprint density at radius 3 is 2.44 bits per heavy atom. The van der Waals surface area contributed by atoms with Gasteiger partial charge in [0.15, 0.2) is 0 Å². The number of hydrogen-bond acceptors (Lipinski definition) is 7. The highest BCUT2D eigenvalue weighted by Gasteiger charge is 2.42. The van der Waals surface area contributed by atoms with Crippen LogP contribution in [0.2, 0.25) is 0 Å². The predicted molar refractivity (Wildman–Crippen MR) is 121 cm³/mol. The molecule has 0 atom stereocenters. The molecule has 4 rings (SSSR count). The summed E-state index contributed by atoms with van der Waals surface area (Å²) >= 11 is 0. The normalized spacial score (nSPS) is 18.3. The van der Waals surface area contributed by atoms with Crippen molar-refractivity contribution in [2.24, 2.45) is 21.5 Å². The van der Waals surface area contributed by atoms with E-state index < -0.39 is 17.4 Å². The minimum atomic E-state index is -4.49. The standard InChI is InChI=1S/C22H26F3N7/c1-31(2)18-17(12-15(13-28-18)22(23,24)25)14-7-6-8-16(11-14)32-20(27)29-19(26)30-21(32)9-4-3-5-10-21/h6-8,11-13H,3-5,9-10H2,1-2H3,(H4,26,27,29,30). The molecular weight excluding hydrogens is 419 g/mol. The topological polar surface area (TPSA) is 96.1 Å². The highest BCUT2D eigenvalue weighted by molar-refractivity contribution is 6.06. The molecule has 1 aliphatic heterocycles. The van der Waals surface area contributed by atoms with Gasteiger partial charge in [0.05, 0.1) is 5.56 Å². The van der Waals surface area contributed by atoms with Gasteiger partial charge >= 0.3 is 6.18 Å². The predicted octanol–water partition coefficient (Wildman–Crippen LogP) is 3.94. The third-order valence-corrected chi connectivity index (χ3v) is 5.88. The minimum absolute atomic E-state index is 0.147. The quantitative estimate of drug-likeness (QED) is 0.746. The molecule has 2 heterocycles. The van der Waals surface area contributed by atoms with Crippen molar-refractivity contribution < 1.29 is 13.2 Å². The summed E-state index contributed by atoms with van der Waals surface area (Å²) in [5.41, 5.74) is 12.5. The molecule has 1 spiro atoms. The number of aromatic nitrogens is 1. The maximum Gasteiger partial charge on any atom is 0.417 e. The monoisotopic (exact) mass is 445 g/mol. The number of nitrogens with two attached hydrogens (primary N) is 2. The Balaban J connectivity index is 1.83. The van der Waals surface area contributed by atoms with Crippen LogP contribution in [0.4, 0.5) is 24.7 Å². The summed E-state index contributed by atoms with van der Waals surface area (Å²) in [6.07, 6.45) is 0.943. The molecule has 1 saturated carbocycles. The number of alkyl halides is 3. The Morgan fingerprint density at radius 1 is 1.06 bits per heavy atom. The lowest BCUT2D eigenvalue weighted by Crippen LogP contribution is -2.58. The average Bonchev–Trinajstić information content (AvgIpc) is 2.72. The van der Waals surface area contributed by atoms with E-state index in [1.807, 2.05) is 11.0 Å². The Kier molecular flexibility index (Phi) is 5.47. The van der Waals surface area contributed by atoms with Crippen molar-refractivity contribution in [3.63, 3.8) is 0 Å². The third-order valence-electron chi connectivity index (χ3n) is 5.88. The van der Waals surface area contributed by atoms with Gasteiger partial charge in [-0.3, -0.25) is 4.90 Å². The summed E-state index contributed by atoms with van der Waals surface area (Å²) in [4.78, 5) is 16.5.